The highest BCUT2D eigenvalue weighted by atomic mass is 35.5. The van der Waals surface area contributed by atoms with Gasteiger partial charge in [0.15, 0.2) is 0 Å². The van der Waals surface area contributed by atoms with Crippen LogP contribution in [0.15, 0.2) is 0 Å². The second kappa shape index (κ2) is 5.32. The number of nitrogens with one attached hydrogen (secondary N) is 1. The van der Waals surface area contributed by atoms with Gasteiger partial charge in [0.05, 0.1) is 18.1 Å². The van der Waals surface area contributed by atoms with Gasteiger partial charge in [0.25, 0.3) is 0 Å². The summed E-state index contributed by atoms with van der Waals surface area (Å²) < 4.78 is 5.20. The van der Waals surface area contributed by atoms with E-state index in [9.17, 15) is 10.1 Å². The predicted molar refractivity (Wildman–Crippen MR) is 66.3 cm³/mol. The summed E-state index contributed by atoms with van der Waals surface area (Å²) in [5.74, 6) is 0.342. The average molecular weight is 274 g/mol. The summed E-state index contributed by atoms with van der Waals surface area (Å²) in [4.78, 5) is 20.2. The minimum Gasteiger partial charge on any atom is -0.378 e. The summed E-state index contributed by atoms with van der Waals surface area (Å²) in [6, 6.07) is 0. The van der Waals surface area contributed by atoms with E-state index in [0.717, 1.165) is 0 Å². The quantitative estimate of drug-likeness (QED) is 0.497. The second-order valence-electron chi connectivity index (χ2n) is 3.62. The average Bonchev–Trinajstić information content (AvgIpc) is 2.38. The third-order valence-corrected chi connectivity index (χ3v) is 2.74. The van der Waals surface area contributed by atoms with Gasteiger partial charge in [-0.15, -0.1) is 0 Å². The summed E-state index contributed by atoms with van der Waals surface area (Å²) in [6.45, 7) is 2.09. The molecule has 0 unspecified atom stereocenters. The lowest BCUT2D eigenvalue weighted by atomic mass is 10.3. The molecule has 1 aromatic rings. The van der Waals surface area contributed by atoms with E-state index >= 15 is 0 Å². The monoisotopic (exact) mass is 273 g/mol. The molecule has 1 saturated heterocycles. The molecule has 2 heterocycles. The smallest absolute Gasteiger partial charge is 0.353 e. The minimum atomic E-state index is -0.507. The molecule has 0 amide bonds. The molecule has 98 valence electrons. The summed E-state index contributed by atoms with van der Waals surface area (Å²) in [5.41, 5.74) is -0.163. The van der Waals surface area contributed by atoms with E-state index in [2.05, 4.69) is 15.3 Å². The molecule has 9 heteroatoms. The first-order valence-electron chi connectivity index (χ1n) is 5.36. The first kappa shape index (κ1) is 12.8. The van der Waals surface area contributed by atoms with Gasteiger partial charge in [-0.25, -0.2) is 0 Å². The van der Waals surface area contributed by atoms with Crippen molar-refractivity contribution in [2.24, 2.45) is 0 Å². The summed E-state index contributed by atoms with van der Waals surface area (Å²) in [7, 11) is 1.55. The Bertz CT molecular complexity index is 464. The van der Waals surface area contributed by atoms with Crippen LogP contribution >= 0.6 is 11.6 Å². The predicted octanol–water partition coefficient (Wildman–Crippen LogP) is 0.916. The molecule has 0 spiro atoms. The van der Waals surface area contributed by atoms with Gasteiger partial charge in [0.1, 0.15) is 0 Å². The fourth-order valence-electron chi connectivity index (χ4n) is 1.75. The zero-order valence-electron chi connectivity index (χ0n) is 9.72. The van der Waals surface area contributed by atoms with Crippen LogP contribution < -0.4 is 10.2 Å². The van der Waals surface area contributed by atoms with E-state index in [-0.39, 0.29) is 22.6 Å². The van der Waals surface area contributed by atoms with Crippen LogP contribution in [0.4, 0.5) is 17.3 Å². The molecule has 2 rings (SSSR count). The number of ether oxygens (including phenoxy) is 1. The summed E-state index contributed by atoms with van der Waals surface area (Å²) in [6.07, 6.45) is 0. The van der Waals surface area contributed by atoms with Gasteiger partial charge in [0.2, 0.25) is 16.9 Å². The molecule has 18 heavy (non-hydrogen) atoms. The van der Waals surface area contributed by atoms with Gasteiger partial charge in [-0.2, -0.15) is 9.97 Å². The highest BCUT2D eigenvalue weighted by Gasteiger charge is 2.28. The van der Waals surface area contributed by atoms with Crippen LogP contribution in [0, 0.1) is 10.1 Å². The normalized spacial score (nSPS) is 15.6. The van der Waals surface area contributed by atoms with Crippen LogP contribution in [0.3, 0.4) is 0 Å². The van der Waals surface area contributed by atoms with Crippen molar-refractivity contribution in [1.29, 1.82) is 0 Å². The number of morpholine rings is 1. The summed E-state index contributed by atoms with van der Waals surface area (Å²) in [5, 5.41) is 13.8. The van der Waals surface area contributed by atoms with Crippen molar-refractivity contribution < 1.29 is 9.66 Å². The third kappa shape index (κ3) is 2.44. The highest BCUT2D eigenvalue weighted by Crippen LogP contribution is 2.33. The first-order valence-corrected chi connectivity index (χ1v) is 5.73. The Balaban J connectivity index is 2.49. The maximum Gasteiger partial charge on any atom is 0.353 e. The molecule has 1 fully saturated rings. The van der Waals surface area contributed by atoms with Crippen LogP contribution in [0.25, 0.3) is 0 Å². The Morgan fingerprint density at radius 3 is 2.67 bits per heavy atom. The van der Waals surface area contributed by atoms with Crippen LogP contribution in [0.2, 0.25) is 5.28 Å². The van der Waals surface area contributed by atoms with Gasteiger partial charge in [-0.3, -0.25) is 10.1 Å². The fourth-order valence-corrected chi connectivity index (χ4v) is 1.92. The molecule has 1 N–H and O–H groups in total. The van der Waals surface area contributed by atoms with Crippen LogP contribution in [-0.2, 0) is 4.74 Å². The molecule has 1 aromatic heterocycles. The number of hydrogen-bond acceptors (Lipinski definition) is 7. The standard InChI is InChI=1S/C9H12ClN5O3/c1-11-7-6(15(16)17)8(13-9(10)12-7)14-2-4-18-5-3-14/h2-5H2,1H3,(H,11,12,13). The molecule has 0 aliphatic carbocycles. The van der Waals surface area contributed by atoms with E-state index in [1.807, 2.05) is 0 Å². The van der Waals surface area contributed by atoms with E-state index in [1.54, 1.807) is 11.9 Å². The lowest BCUT2D eigenvalue weighted by Crippen LogP contribution is -2.37. The topological polar surface area (TPSA) is 93.4 Å². The Labute approximate surface area is 108 Å². The zero-order valence-corrected chi connectivity index (χ0v) is 10.5. The molecule has 0 saturated carbocycles. The van der Waals surface area contributed by atoms with Crippen LogP contribution in [-0.4, -0.2) is 48.2 Å². The number of nitrogens with zero attached hydrogens (tertiary/aromatic N) is 4. The van der Waals surface area contributed by atoms with Crippen molar-refractivity contribution in [3.05, 3.63) is 15.4 Å². The summed E-state index contributed by atoms with van der Waals surface area (Å²) >= 11 is 5.78. The molecule has 0 radical (unpaired) electrons. The van der Waals surface area contributed by atoms with Crippen molar-refractivity contribution in [2.75, 3.05) is 43.6 Å². The van der Waals surface area contributed by atoms with Gasteiger partial charge >= 0.3 is 5.69 Å². The van der Waals surface area contributed by atoms with Crippen LogP contribution in [0.1, 0.15) is 0 Å². The second-order valence-corrected chi connectivity index (χ2v) is 3.96. The zero-order chi connectivity index (χ0) is 13.1. The third-order valence-electron chi connectivity index (χ3n) is 2.57. The van der Waals surface area contributed by atoms with Crippen molar-refractivity contribution in [1.82, 2.24) is 9.97 Å². The van der Waals surface area contributed by atoms with Crippen LogP contribution in [0.5, 0.6) is 0 Å². The molecule has 1 aliphatic heterocycles. The number of halogens is 1. The number of nitro groups is 1. The molecule has 0 bridgehead atoms. The Hall–Kier alpha value is -1.67. The lowest BCUT2D eigenvalue weighted by Gasteiger charge is -2.27. The van der Waals surface area contributed by atoms with E-state index in [1.165, 1.54) is 0 Å². The molecule has 8 nitrogen and oxygen atoms in total. The van der Waals surface area contributed by atoms with Gasteiger partial charge in [-0.1, -0.05) is 0 Å². The maximum atomic E-state index is 11.1. The number of hydrogen-bond donors (Lipinski definition) is 1. The number of anilines is 2. The van der Waals surface area contributed by atoms with Gasteiger partial charge in [-0.05, 0) is 11.6 Å². The van der Waals surface area contributed by atoms with E-state index in [4.69, 9.17) is 16.3 Å². The minimum absolute atomic E-state index is 0.0218. The maximum absolute atomic E-state index is 11.1. The van der Waals surface area contributed by atoms with Crippen molar-refractivity contribution in [2.45, 2.75) is 0 Å². The molecule has 0 atom stereocenters. The van der Waals surface area contributed by atoms with Gasteiger partial charge in [0, 0.05) is 20.1 Å². The Morgan fingerprint density at radius 2 is 2.11 bits per heavy atom. The van der Waals surface area contributed by atoms with Gasteiger partial charge < -0.3 is 15.0 Å². The lowest BCUT2D eigenvalue weighted by molar-refractivity contribution is -0.383. The molecule has 1 aliphatic rings. The Morgan fingerprint density at radius 1 is 1.44 bits per heavy atom. The van der Waals surface area contributed by atoms with E-state index < -0.39 is 4.92 Å². The molecule has 0 aromatic carbocycles. The molecular formula is C9H12ClN5O3. The highest BCUT2D eigenvalue weighted by molar-refractivity contribution is 6.28. The van der Waals surface area contributed by atoms with E-state index in [0.29, 0.717) is 26.3 Å². The van der Waals surface area contributed by atoms with Crippen molar-refractivity contribution in [3.8, 4) is 0 Å². The first-order chi connectivity index (χ1) is 8.63. The molecular weight excluding hydrogens is 262 g/mol. The largest absolute Gasteiger partial charge is 0.378 e. The van der Waals surface area contributed by atoms with Crippen molar-refractivity contribution >= 4 is 28.9 Å². The number of aromatic nitrogens is 2. The number of rotatable bonds is 3. The van der Waals surface area contributed by atoms with Crippen molar-refractivity contribution in [3.63, 3.8) is 0 Å². The SMILES string of the molecule is CNc1nc(Cl)nc(N2CCOCC2)c1[N+](=O)[O-]. The Kier molecular flexibility index (Phi) is 3.78. The fraction of sp³-hybridized carbons (Fsp3) is 0.556.